The largest absolute Gasteiger partial charge is 0.444 e. The fraction of sp³-hybridized carbons (Fsp3) is 0.577. The highest BCUT2D eigenvalue weighted by Gasteiger charge is 2.60. The highest BCUT2D eigenvalue weighted by Crippen LogP contribution is 2.50. The number of halogens is 3. The number of alkyl halides is 3. The minimum Gasteiger partial charge on any atom is -0.444 e. The number of fused-ring (bicyclic) bond motifs is 2. The minimum atomic E-state index is -4.54. The van der Waals surface area contributed by atoms with Gasteiger partial charge in [-0.05, 0) is 51.2 Å². The Morgan fingerprint density at radius 3 is 2.62 bits per heavy atom. The summed E-state index contributed by atoms with van der Waals surface area (Å²) in [7, 11) is 0. The quantitative estimate of drug-likeness (QED) is 0.616. The number of nitrogens with zero attached hydrogens (tertiary/aromatic N) is 5. The van der Waals surface area contributed by atoms with Crippen LogP contribution in [-0.2, 0) is 28.7 Å². The Labute approximate surface area is 223 Å². The predicted octanol–water partition coefficient (Wildman–Crippen LogP) is 3.46. The zero-order valence-corrected chi connectivity index (χ0v) is 22.0. The maximum Gasteiger partial charge on any atom is 0.417 e. The molecule has 4 heterocycles. The molecule has 2 aromatic rings. The van der Waals surface area contributed by atoms with E-state index in [0.29, 0.717) is 37.2 Å². The average Bonchev–Trinajstić information content (AvgIpc) is 3.56. The highest BCUT2D eigenvalue weighted by atomic mass is 19.4. The van der Waals surface area contributed by atoms with E-state index < -0.39 is 28.8 Å². The molecule has 1 N–H and O–H groups in total. The number of nitrogens with one attached hydrogen (secondary N) is 1. The van der Waals surface area contributed by atoms with Crippen molar-refractivity contribution in [3.05, 3.63) is 47.8 Å². The molecule has 3 amide bonds. The summed E-state index contributed by atoms with van der Waals surface area (Å²) in [6, 6.07) is 0.394. The molecule has 39 heavy (non-hydrogen) atoms. The van der Waals surface area contributed by atoms with Crippen LogP contribution in [0.4, 0.5) is 22.8 Å². The van der Waals surface area contributed by atoms with E-state index in [-0.39, 0.29) is 43.4 Å². The van der Waals surface area contributed by atoms with Crippen LogP contribution in [0.2, 0.25) is 0 Å². The van der Waals surface area contributed by atoms with Gasteiger partial charge in [-0.1, -0.05) is 0 Å². The first kappa shape index (κ1) is 26.9. The molecule has 3 aliphatic rings. The van der Waals surface area contributed by atoms with Gasteiger partial charge in [0, 0.05) is 62.9 Å². The van der Waals surface area contributed by atoms with Crippen molar-refractivity contribution >= 4 is 18.0 Å². The lowest BCUT2D eigenvalue weighted by Crippen LogP contribution is -2.50. The Kier molecular flexibility index (Phi) is 6.58. The molecule has 3 atom stereocenters. The molecule has 210 valence electrons. The predicted molar refractivity (Wildman–Crippen MR) is 131 cm³/mol. The Bertz CT molecular complexity index is 1280. The van der Waals surface area contributed by atoms with Gasteiger partial charge in [-0.25, -0.2) is 14.6 Å². The van der Waals surface area contributed by atoms with Crippen molar-refractivity contribution in [3.8, 4) is 0 Å². The average molecular weight is 549 g/mol. The molecular weight excluding hydrogens is 517 g/mol. The maximum atomic E-state index is 14.2. The molecule has 10 nitrogen and oxygen atoms in total. The maximum absolute atomic E-state index is 14.2. The van der Waals surface area contributed by atoms with E-state index in [1.165, 1.54) is 23.3 Å². The summed E-state index contributed by atoms with van der Waals surface area (Å²) in [4.78, 5) is 50.9. The lowest BCUT2D eigenvalue weighted by atomic mass is 9.78. The van der Waals surface area contributed by atoms with Gasteiger partial charge in [0.15, 0.2) is 0 Å². The third-order valence-electron chi connectivity index (χ3n) is 7.67. The molecule has 1 saturated carbocycles. The van der Waals surface area contributed by atoms with Gasteiger partial charge in [0.1, 0.15) is 11.9 Å². The first-order chi connectivity index (χ1) is 18.2. The van der Waals surface area contributed by atoms with Crippen LogP contribution in [0.3, 0.4) is 0 Å². The fourth-order valence-electron chi connectivity index (χ4n) is 6.04. The Hall–Kier alpha value is -3.64. The van der Waals surface area contributed by atoms with Crippen molar-refractivity contribution < 1.29 is 32.3 Å². The van der Waals surface area contributed by atoms with Gasteiger partial charge in [-0.15, -0.1) is 0 Å². The van der Waals surface area contributed by atoms with Gasteiger partial charge >= 0.3 is 18.3 Å². The SMILES string of the molecule is CC(C)(C)OC(=O)N[C@@H]1C[C@H]2CN(C(=O)n3ccnc3)C[C@@]2(C(=O)N2CCc3ncc(C(F)(F)F)cc3C2)C1. The molecular formula is C26H31F3N6O4. The molecule has 2 aromatic heterocycles. The number of imidazole rings is 1. The molecule has 0 unspecified atom stereocenters. The van der Waals surface area contributed by atoms with Gasteiger partial charge in [0.2, 0.25) is 5.91 Å². The number of rotatable bonds is 2. The summed E-state index contributed by atoms with van der Waals surface area (Å²) in [6.07, 6.45) is 1.20. The zero-order valence-electron chi connectivity index (χ0n) is 22.0. The van der Waals surface area contributed by atoms with E-state index in [2.05, 4.69) is 15.3 Å². The van der Waals surface area contributed by atoms with Gasteiger partial charge < -0.3 is 19.9 Å². The number of carbonyl (C=O) groups is 3. The summed E-state index contributed by atoms with van der Waals surface area (Å²) in [6.45, 7) is 6.01. The van der Waals surface area contributed by atoms with E-state index in [9.17, 15) is 27.6 Å². The molecule has 2 fully saturated rings. The van der Waals surface area contributed by atoms with Gasteiger partial charge in [-0.3, -0.25) is 14.3 Å². The number of hydrogen-bond donors (Lipinski definition) is 1. The normalized spacial score (nSPS) is 24.8. The van der Waals surface area contributed by atoms with Crippen molar-refractivity contribution in [3.63, 3.8) is 0 Å². The highest BCUT2D eigenvalue weighted by molar-refractivity contribution is 5.87. The fourth-order valence-corrected chi connectivity index (χ4v) is 6.04. The molecule has 2 aliphatic heterocycles. The van der Waals surface area contributed by atoms with Crippen LogP contribution in [0, 0.1) is 11.3 Å². The number of pyridine rings is 1. The number of likely N-dealkylation sites (tertiary alicyclic amines) is 1. The van der Waals surface area contributed by atoms with E-state index in [4.69, 9.17) is 4.74 Å². The van der Waals surface area contributed by atoms with E-state index in [1.807, 2.05) is 0 Å². The van der Waals surface area contributed by atoms with Gasteiger partial charge in [0.05, 0.1) is 11.0 Å². The van der Waals surface area contributed by atoms with Crippen molar-refractivity contribution in [1.82, 2.24) is 29.7 Å². The Morgan fingerprint density at radius 1 is 1.18 bits per heavy atom. The molecule has 0 spiro atoms. The van der Waals surface area contributed by atoms with Gasteiger partial charge in [-0.2, -0.15) is 13.2 Å². The molecule has 1 saturated heterocycles. The lowest BCUT2D eigenvalue weighted by molar-refractivity contribution is -0.143. The second-order valence-corrected chi connectivity index (χ2v) is 11.6. The number of hydrogen-bond acceptors (Lipinski definition) is 6. The number of amides is 3. The second-order valence-electron chi connectivity index (χ2n) is 11.6. The first-order valence-corrected chi connectivity index (χ1v) is 12.9. The monoisotopic (exact) mass is 548 g/mol. The van der Waals surface area contributed by atoms with Crippen LogP contribution >= 0.6 is 0 Å². The minimum absolute atomic E-state index is 0.000809. The number of carbonyl (C=O) groups excluding carboxylic acids is 3. The topological polar surface area (TPSA) is 110 Å². The van der Waals surface area contributed by atoms with E-state index >= 15 is 0 Å². The van der Waals surface area contributed by atoms with E-state index in [0.717, 1.165) is 12.3 Å². The third-order valence-corrected chi connectivity index (χ3v) is 7.67. The molecule has 0 aromatic carbocycles. The summed E-state index contributed by atoms with van der Waals surface area (Å²) in [5, 5.41) is 2.87. The van der Waals surface area contributed by atoms with Crippen LogP contribution in [-0.4, -0.2) is 73.6 Å². The Balaban J connectivity index is 1.39. The van der Waals surface area contributed by atoms with Crippen molar-refractivity contribution in [1.29, 1.82) is 0 Å². The number of ether oxygens (including phenoxy) is 1. The van der Waals surface area contributed by atoms with Crippen LogP contribution < -0.4 is 5.32 Å². The van der Waals surface area contributed by atoms with Crippen molar-refractivity contribution in [2.24, 2.45) is 11.3 Å². The molecule has 0 radical (unpaired) electrons. The molecule has 0 bridgehead atoms. The van der Waals surface area contributed by atoms with Crippen LogP contribution in [0.15, 0.2) is 31.0 Å². The van der Waals surface area contributed by atoms with Crippen LogP contribution in [0.25, 0.3) is 0 Å². The molecule has 5 rings (SSSR count). The van der Waals surface area contributed by atoms with Crippen LogP contribution in [0.5, 0.6) is 0 Å². The summed E-state index contributed by atoms with van der Waals surface area (Å²) < 4.78 is 46.7. The third kappa shape index (κ3) is 5.30. The summed E-state index contributed by atoms with van der Waals surface area (Å²) in [5.41, 5.74) is -1.64. The van der Waals surface area contributed by atoms with Crippen molar-refractivity contribution in [2.45, 2.75) is 64.4 Å². The molecule has 13 heteroatoms. The Morgan fingerprint density at radius 2 is 1.95 bits per heavy atom. The lowest BCUT2D eigenvalue weighted by Gasteiger charge is -2.37. The number of alkyl carbamates (subject to hydrolysis) is 1. The van der Waals surface area contributed by atoms with Gasteiger partial charge in [0.25, 0.3) is 0 Å². The smallest absolute Gasteiger partial charge is 0.417 e. The summed E-state index contributed by atoms with van der Waals surface area (Å²) >= 11 is 0. The number of aromatic nitrogens is 3. The molecule has 1 aliphatic carbocycles. The second kappa shape index (κ2) is 9.53. The zero-order chi connectivity index (χ0) is 28.2. The van der Waals surface area contributed by atoms with E-state index in [1.54, 1.807) is 30.6 Å². The summed E-state index contributed by atoms with van der Waals surface area (Å²) in [5.74, 6) is -0.483. The standard InChI is InChI=1S/C26H31F3N6O4/c1-24(2,3)39-22(37)32-19-9-18-13-35(23(38)34-7-5-30-15-34)14-25(18,10-19)21(36)33-6-4-20-16(12-33)8-17(11-31-20)26(27,28)29/h5,7-8,11,15,18-19H,4,6,9-10,12-14H2,1-3H3,(H,32,37)/t18-,19+,25-/m0/s1. The van der Waals surface area contributed by atoms with Crippen molar-refractivity contribution in [2.75, 3.05) is 19.6 Å². The van der Waals surface area contributed by atoms with Crippen LogP contribution in [0.1, 0.15) is 50.4 Å². The first-order valence-electron chi connectivity index (χ1n) is 12.9.